The molecule has 20 heavy (non-hydrogen) atoms. The molecule has 0 bridgehead atoms. The van der Waals surface area contributed by atoms with Crippen LogP contribution < -0.4 is 10.1 Å². The fourth-order valence-electron chi connectivity index (χ4n) is 1.76. The van der Waals surface area contributed by atoms with Gasteiger partial charge in [-0.25, -0.2) is 0 Å². The summed E-state index contributed by atoms with van der Waals surface area (Å²) in [6.45, 7) is 3.15. The highest BCUT2D eigenvalue weighted by atomic mass is 79.9. The molecule has 112 valence electrons. The molecule has 4 nitrogen and oxygen atoms in total. The van der Waals surface area contributed by atoms with E-state index in [0.29, 0.717) is 13.2 Å². The summed E-state index contributed by atoms with van der Waals surface area (Å²) in [6, 6.07) is 7.59. The Bertz CT molecular complexity index is 398. The molecule has 0 heterocycles. The lowest BCUT2D eigenvalue weighted by Crippen LogP contribution is -2.33. The Balaban J connectivity index is 1.48. The molecule has 0 aromatic heterocycles. The average Bonchev–Trinajstić information content (AvgIpc) is 3.24. The third kappa shape index (κ3) is 6.70. The molecule has 0 aliphatic heterocycles. The lowest BCUT2D eigenvalue weighted by Gasteiger charge is -2.13. The maximum atomic E-state index is 9.79. The molecule has 2 rings (SSSR count). The van der Waals surface area contributed by atoms with Crippen LogP contribution in [0.15, 0.2) is 28.7 Å². The number of hydrogen-bond donors (Lipinski definition) is 2. The lowest BCUT2D eigenvalue weighted by atomic mass is 10.3. The van der Waals surface area contributed by atoms with E-state index in [0.717, 1.165) is 29.3 Å². The SMILES string of the molecule is OC(CNCCOCC1CC1)COc1cccc(Br)c1. The van der Waals surface area contributed by atoms with Crippen molar-refractivity contribution in [1.29, 1.82) is 0 Å². The topological polar surface area (TPSA) is 50.7 Å². The first kappa shape index (κ1) is 15.8. The van der Waals surface area contributed by atoms with E-state index in [-0.39, 0.29) is 6.61 Å². The van der Waals surface area contributed by atoms with E-state index in [9.17, 15) is 5.11 Å². The molecule has 1 aromatic carbocycles. The van der Waals surface area contributed by atoms with Gasteiger partial charge in [-0.15, -0.1) is 0 Å². The van der Waals surface area contributed by atoms with Gasteiger partial charge in [0, 0.05) is 24.2 Å². The van der Waals surface area contributed by atoms with Gasteiger partial charge in [-0.2, -0.15) is 0 Å². The summed E-state index contributed by atoms with van der Waals surface area (Å²) in [5.74, 6) is 1.56. The number of aliphatic hydroxyl groups excluding tert-OH is 1. The largest absolute Gasteiger partial charge is 0.491 e. The molecule has 0 amide bonds. The van der Waals surface area contributed by atoms with Crippen LogP contribution in [-0.2, 0) is 4.74 Å². The van der Waals surface area contributed by atoms with Crippen LogP contribution >= 0.6 is 15.9 Å². The maximum absolute atomic E-state index is 9.79. The quantitative estimate of drug-likeness (QED) is 0.639. The minimum Gasteiger partial charge on any atom is -0.491 e. The lowest BCUT2D eigenvalue weighted by molar-refractivity contribution is 0.0967. The zero-order chi connectivity index (χ0) is 14.2. The van der Waals surface area contributed by atoms with Gasteiger partial charge in [-0.1, -0.05) is 22.0 Å². The Morgan fingerprint density at radius 3 is 3.00 bits per heavy atom. The fraction of sp³-hybridized carbons (Fsp3) is 0.600. The van der Waals surface area contributed by atoms with Crippen molar-refractivity contribution in [2.75, 3.05) is 32.9 Å². The number of rotatable bonds is 10. The Hall–Kier alpha value is -0.620. The first-order valence-corrected chi connectivity index (χ1v) is 7.88. The molecule has 0 radical (unpaired) electrons. The summed E-state index contributed by atoms with van der Waals surface area (Å²) in [7, 11) is 0. The average molecular weight is 344 g/mol. The Morgan fingerprint density at radius 1 is 1.40 bits per heavy atom. The molecule has 2 N–H and O–H groups in total. The third-order valence-electron chi connectivity index (χ3n) is 3.09. The summed E-state index contributed by atoms with van der Waals surface area (Å²) in [5.41, 5.74) is 0. The van der Waals surface area contributed by atoms with E-state index in [1.165, 1.54) is 12.8 Å². The highest BCUT2D eigenvalue weighted by Gasteiger charge is 2.20. The molecule has 1 aromatic rings. The molecule has 1 saturated carbocycles. The van der Waals surface area contributed by atoms with Crippen molar-refractivity contribution in [2.45, 2.75) is 18.9 Å². The van der Waals surface area contributed by atoms with E-state index in [1.54, 1.807) is 0 Å². The van der Waals surface area contributed by atoms with Crippen molar-refractivity contribution < 1.29 is 14.6 Å². The Labute approximate surface area is 128 Å². The summed E-state index contributed by atoms with van der Waals surface area (Å²) in [6.07, 6.45) is 2.12. The predicted octanol–water partition coefficient (Wildman–Crippen LogP) is 2.21. The smallest absolute Gasteiger partial charge is 0.120 e. The van der Waals surface area contributed by atoms with Crippen LogP contribution in [0.25, 0.3) is 0 Å². The van der Waals surface area contributed by atoms with E-state index in [2.05, 4.69) is 21.2 Å². The second-order valence-electron chi connectivity index (χ2n) is 5.14. The van der Waals surface area contributed by atoms with Crippen LogP contribution in [0.3, 0.4) is 0 Å². The molecular weight excluding hydrogens is 322 g/mol. The second-order valence-corrected chi connectivity index (χ2v) is 6.06. The standard InChI is InChI=1S/C15H22BrNO3/c16-13-2-1-3-15(8-13)20-11-14(18)9-17-6-7-19-10-12-4-5-12/h1-3,8,12,14,17-18H,4-7,9-11H2. The molecule has 1 aliphatic rings. The van der Waals surface area contributed by atoms with Crippen LogP contribution in [0.1, 0.15) is 12.8 Å². The van der Waals surface area contributed by atoms with Gasteiger partial charge in [0.05, 0.1) is 6.61 Å². The van der Waals surface area contributed by atoms with Crippen molar-refractivity contribution in [3.8, 4) is 5.75 Å². The molecule has 1 atom stereocenters. The number of benzene rings is 1. The summed E-state index contributed by atoms with van der Waals surface area (Å²) in [4.78, 5) is 0. The number of hydrogen-bond acceptors (Lipinski definition) is 4. The molecule has 5 heteroatoms. The first-order valence-electron chi connectivity index (χ1n) is 7.09. The van der Waals surface area contributed by atoms with Crippen molar-refractivity contribution in [3.05, 3.63) is 28.7 Å². The number of halogens is 1. The second kappa shape index (κ2) is 8.62. The Kier molecular flexibility index (Phi) is 6.79. The zero-order valence-electron chi connectivity index (χ0n) is 11.6. The van der Waals surface area contributed by atoms with Gasteiger partial charge in [0.1, 0.15) is 18.5 Å². The number of aliphatic hydroxyl groups is 1. The van der Waals surface area contributed by atoms with E-state index < -0.39 is 6.10 Å². The highest BCUT2D eigenvalue weighted by Crippen LogP contribution is 2.28. The fourth-order valence-corrected chi connectivity index (χ4v) is 2.13. The third-order valence-corrected chi connectivity index (χ3v) is 3.59. The number of nitrogens with one attached hydrogen (secondary N) is 1. The van der Waals surface area contributed by atoms with E-state index in [1.807, 2.05) is 24.3 Å². The predicted molar refractivity (Wildman–Crippen MR) is 82.1 cm³/mol. The number of ether oxygens (including phenoxy) is 2. The molecule has 1 fully saturated rings. The van der Waals surface area contributed by atoms with Crippen LogP contribution in [0.4, 0.5) is 0 Å². The molecule has 0 spiro atoms. The van der Waals surface area contributed by atoms with Crippen LogP contribution in [-0.4, -0.2) is 44.1 Å². The van der Waals surface area contributed by atoms with Crippen LogP contribution in [0, 0.1) is 5.92 Å². The van der Waals surface area contributed by atoms with E-state index in [4.69, 9.17) is 9.47 Å². The normalized spacial score (nSPS) is 16.1. The zero-order valence-corrected chi connectivity index (χ0v) is 13.1. The summed E-state index contributed by atoms with van der Waals surface area (Å²) >= 11 is 3.38. The van der Waals surface area contributed by atoms with Gasteiger partial charge in [0.2, 0.25) is 0 Å². The summed E-state index contributed by atoms with van der Waals surface area (Å²) in [5, 5.41) is 13.0. The van der Waals surface area contributed by atoms with Crippen molar-refractivity contribution in [1.82, 2.24) is 5.32 Å². The van der Waals surface area contributed by atoms with E-state index >= 15 is 0 Å². The minimum atomic E-state index is -0.516. The maximum Gasteiger partial charge on any atom is 0.120 e. The Morgan fingerprint density at radius 2 is 2.25 bits per heavy atom. The monoisotopic (exact) mass is 343 g/mol. The molecule has 0 saturated heterocycles. The van der Waals surface area contributed by atoms with Gasteiger partial charge in [0.15, 0.2) is 0 Å². The highest BCUT2D eigenvalue weighted by molar-refractivity contribution is 9.10. The van der Waals surface area contributed by atoms with Crippen LogP contribution in [0.2, 0.25) is 0 Å². The van der Waals surface area contributed by atoms with Gasteiger partial charge in [-0.3, -0.25) is 0 Å². The van der Waals surface area contributed by atoms with Gasteiger partial charge in [-0.05, 0) is 37.0 Å². The van der Waals surface area contributed by atoms with Crippen molar-refractivity contribution in [2.24, 2.45) is 5.92 Å². The summed E-state index contributed by atoms with van der Waals surface area (Å²) < 4.78 is 12.0. The molecule has 1 unspecified atom stereocenters. The van der Waals surface area contributed by atoms with Crippen molar-refractivity contribution >= 4 is 15.9 Å². The first-order chi connectivity index (χ1) is 9.74. The van der Waals surface area contributed by atoms with Gasteiger partial charge in [0.25, 0.3) is 0 Å². The van der Waals surface area contributed by atoms with Crippen LogP contribution in [0.5, 0.6) is 5.75 Å². The van der Waals surface area contributed by atoms with Gasteiger partial charge >= 0.3 is 0 Å². The molecular formula is C15H22BrNO3. The minimum absolute atomic E-state index is 0.284. The van der Waals surface area contributed by atoms with Crippen molar-refractivity contribution in [3.63, 3.8) is 0 Å². The van der Waals surface area contributed by atoms with Gasteiger partial charge < -0.3 is 19.9 Å². The molecule has 1 aliphatic carbocycles.